The molecule has 94 valence electrons. The lowest BCUT2D eigenvalue weighted by atomic mass is 9.93. The largest absolute Gasteiger partial charge is 0.481 e. The molecule has 0 atom stereocenters. The molecule has 19 heavy (non-hydrogen) atoms. The van der Waals surface area contributed by atoms with Crippen molar-refractivity contribution < 1.29 is 9.90 Å². The number of hydrogen-bond acceptors (Lipinski definition) is 2. The number of aliphatic imine (C=N–C) groups is 1. The molecule has 0 aromatic heterocycles. The second-order valence-electron chi connectivity index (χ2n) is 4.63. The van der Waals surface area contributed by atoms with Gasteiger partial charge in [0.2, 0.25) is 0 Å². The van der Waals surface area contributed by atoms with Crippen molar-refractivity contribution in [2.24, 2.45) is 4.99 Å². The molecule has 1 heterocycles. The van der Waals surface area contributed by atoms with Crippen LogP contribution in [0.2, 0.25) is 0 Å². The first kappa shape index (κ1) is 11.7. The molecule has 3 rings (SSSR count). The highest BCUT2D eigenvalue weighted by Crippen LogP contribution is 2.27. The lowest BCUT2D eigenvalue weighted by Crippen LogP contribution is -2.27. The van der Waals surface area contributed by atoms with Gasteiger partial charge >= 0.3 is 5.97 Å². The minimum absolute atomic E-state index is 0.0862. The molecule has 0 amide bonds. The second kappa shape index (κ2) is 4.69. The molecule has 0 saturated heterocycles. The van der Waals surface area contributed by atoms with Gasteiger partial charge in [-0.25, -0.2) is 0 Å². The topological polar surface area (TPSA) is 49.7 Å². The normalized spacial score (nSPS) is 16.5. The molecule has 0 fully saturated rings. The first-order valence-corrected chi connectivity index (χ1v) is 6.18. The van der Waals surface area contributed by atoms with Crippen molar-refractivity contribution in [2.75, 3.05) is 0 Å². The Hall–Kier alpha value is -2.42. The number of benzene rings is 1. The number of carboxylic acid groups (broad SMARTS) is 1. The quantitative estimate of drug-likeness (QED) is 0.863. The Balaban J connectivity index is 2.17. The summed E-state index contributed by atoms with van der Waals surface area (Å²) in [6, 6.07) is 8.10. The zero-order chi connectivity index (χ0) is 13.2. The molecule has 0 unspecified atom stereocenters. The van der Waals surface area contributed by atoms with Gasteiger partial charge in [0.15, 0.2) is 0 Å². The maximum atomic E-state index is 10.8. The van der Waals surface area contributed by atoms with Gasteiger partial charge in [-0.15, -0.1) is 0 Å². The predicted octanol–water partition coefficient (Wildman–Crippen LogP) is 1.39. The summed E-state index contributed by atoms with van der Waals surface area (Å²) in [6.45, 7) is 0. The molecule has 0 bridgehead atoms. The van der Waals surface area contributed by atoms with Gasteiger partial charge in [-0.1, -0.05) is 35.9 Å². The van der Waals surface area contributed by atoms with Crippen LogP contribution in [0.25, 0.3) is 11.6 Å². The van der Waals surface area contributed by atoms with E-state index < -0.39 is 5.97 Å². The smallest absolute Gasteiger partial charge is 0.307 e. The predicted molar refractivity (Wildman–Crippen MR) is 75.1 cm³/mol. The molecular weight excluding hydrogens is 238 g/mol. The van der Waals surface area contributed by atoms with Gasteiger partial charge in [0, 0.05) is 6.21 Å². The molecule has 1 aliphatic heterocycles. The highest BCUT2D eigenvalue weighted by Gasteiger charge is 2.15. The second-order valence-corrected chi connectivity index (χ2v) is 4.63. The maximum absolute atomic E-state index is 10.8. The van der Waals surface area contributed by atoms with E-state index in [1.54, 1.807) is 6.21 Å². The zero-order valence-electron chi connectivity index (χ0n) is 10.3. The fourth-order valence-electron chi connectivity index (χ4n) is 2.46. The minimum atomic E-state index is -0.791. The van der Waals surface area contributed by atoms with Gasteiger partial charge in [-0.05, 0) is 34.6 Å². The Morgan fingerprint density at radius 1 is 1.21 bits per heavy atom. The number of hydrogen-bond donors (Lipinski definition) is 1. The van der Waals surface area contributed by atoms with E-state index in [9.17, 15) is 4.79 Å². The monoisotopic (exact) mass is 251 g/mol. The van der Waals surface area contributed by atoms with Crippen LogP contribution < -0.4 is 10.4 Å². The lowest BCUT2D eigenvalue weighted by Gasteiger charge is -2.14. The van der Waals surface area contributed by atoms with Crippen LogP contribution in [0.4, 0.5) is 0 Å². The van der Waals surface area contributed by atoms with Gasteiger partial charge in [0.25, 0.3) is 0 Å². The van der Waals surface area contributed by atoms with E-state index in [1.807, 2.05) is 36.4 Å². The van der Waals surface area contributed by atoms with Crippen LogP contribution in [0.1, 0.15) is 12.8 Å². The number of allylic oxidation sites excluding steroid dienone is 3. The fourth-order valence-corrected chi connectivity index (χ4v) is 2.46. The van der Waals surface area contributed by atoms with Crippen LogP contribution in [-0.2, 0) is 4.79 Å². The highest BCUT2D eigenvalue weighted by atomic mass is 16.4. The number of rotatable bonds is 2. The molecule has 1 aromatic rings. The molecule has 0 spiro atoms. The van der Waals surface area contributed by atoms with Crippen molar-refractivity contribution in [3.05, 3.63) is 58.1 Å². The van der Waals surface area contributed by atoms with Crippen LogP contribution in [0.15, 0.2) is 52.7 Å². The van der Waals surface area contributed by atoms with E-state index >= 15 is 0 Å². The van der Waals surface area contributed by atoms with Gasteiger partial charge in [-0.3, -0.25) is 9.79 Å². The molecule has 3 nitrogen and oxygen atoms in total. The third-order valence-electron chi connectivity index (χ3n) is 3.32. The summed E-state index contributed by atoms with van der Waals surface area (Å²) < 4.78 is 0. The van der Waals surface area contributed by atoms with Crippen LogP contribution in [0.3, 0.4) is 0 Å². The number of nitrogens with zero attached hydrogens (tertiary/aromatic N) is 1. The van der Waals surface area contributed by atoms with Crippen molar-refractivity contribution in [3.8, 4) is 0 Å². The lowest BCUT2D eigenvalue weighted by molar-refractivity contribution is -0.136. The molecular formula is C16H13NO2. The Kier molecular flexibility index (Phi) is 2.88. The summed E-state index contributed by atoms with van der Waals surface area (Å²) in [6.07, 6.45) is 8.30. The number of carboxylic acids is 1. The molecule has 1 N–H and O–H groups in total. The van der Waals surface area contributed by atoms with Crippen molar-refractivity contribution >= 4 is 23.8 Å². The summed E-state index contributed by atoms with van der Waals surface area (Å²) in [5.41, 5.74) is 2.95. The third kappa shape index (κ3) is 2.27. The van der Waals surface area contributed by atoms with Crippen molar-refractivity contribution in [1.82, 2.24) is 0 Å². The first-order chi connectivity index (χ1) is 9.24. The van der Waals surface area contributed by atoms with Crippen molar-refractivity contribution in [1.29, 1.82) is 0 Å². The van der Waals surface area contributed by atoms with E-state index in [-0.39, 0.29) is 6.42 Å². The van der Waals surface area contributed by atoms with Gasteiger partial charge in [0.1, 0.15) is 0 Å². The average molecular weight is 251 g/mol. The Morgan fingerprint density at radius 3 is 2.89 bits per heavy atom. The Morgan fingerprint density at radius 2 is 2.05 bits per heavy atom. The summed E-state index contributed by atoms with van der Waals surface area (Å²) in [4.78, 5) is 15.3. The third-order valence-corrected chi connectivity index (χ3v) is 3.32. The summed E-state index contributed by atoms with van der Waals surface area (Å²) in [5.74, 6) is -0.791. The number of carbonyl (C=O) groups is 1. The summed E-state index contributed by atoms with van der Waals surface area (Å²) in [5, 5.41) is 11.2. The molecule has 2 aliphatic rings. The average Bonchev–Trinajstić information content (AvgIpc) is 2.57. The highest BCUT2D eigenvalue weighted by molar-refractivity contribution is 5.94. The van der Waals surface area contributed by atoms with Crippen LogP contribution >= 0.6 is 0 Å². The minimum Gasteiger partial charge on any atom is -0.481 e. The molecule has 1 aliphatic carbocycles. The standard InChI is InChI=1S/C16H13NO2/c18-16(19)10-11-5-6-15-14(9-11)13-4-2-1-3-12(13)7-8-17-15/h1-8H,9-10H2,(H,18,19). The summed E-state index contributed by atoms with van der Waals surface area (Å²) in [7, 11) is 0. The van der Waals surface area contributed by atoms with Crippen LogP contribution in [0.5, 0.6) is 0 Å². The zero-order valence-corrected chi connectivity index (χ0v) is 10.3. The molecule has 3 heteroatoms. The Labute approximate surface area is 110 Å². The van der Waals surface area contributed by atoms with E-state index in [2.05, 4.69) is 11.1 Å². The number of aliphatic carboxylic acids is 1. The van der Waals surface area contributed by atoms with Crippen molar-refractivity contribution in [3.63, 3.8) is 0 Å². The van der Waals surface area contributed by atoms with Gasteiger partial charge < -0.3 is 5.11 Å². The fraction of sp³-hybridized carbons (Fsp3) is 0.125. The van der Waals surface area contributed by atoms with E-state index in [0.717, 1.165) is 27.3 Å². The van der Waals surface area contributed by atoms with Crippen LogP contribution in [0, 0.1) is 0 Å². The Bertz CT molecular complexity index is 751. The molecule has 0 radical (unpaired) electrons. The van der Waals surface area contributed by atoms with E-state index in [1.165, 1.54) is 0 Å². The van der Waals surface area contributed by atoms with Gasteiger partial charge in [-0.2, -0.15) is 0 Å². The first-order valence-electron chi connectivity index (χ1n) is 6.18. The molecule has 0 saturated carbocycles. The molecule has 1 aromatic carbocycles. The maximum Gasteiger partial charge on any atom is 0.307 e. The number of fused-ring (bicyclic) bond motifs is 2. The van der Waals surface area contributed by atoms with Crippen LogP contribution in [-0.4, -0.2) is 17.3 Å². The summed E-state index contributed by atoms with van der Waals surface area (Å²) >= 11 is 0. The SMILES string of the molecule is O=C(O)CC1=CC=C2N=CC=c3ccccc3=C2C1. The van der Waals surface area contributed by atoms with Crippen molar-refractivity contribution in [2.45, 2.75) is 12.8 Å². The van der Waals surface area contributed by atoms with E-state index in [0.29, 0.717) is 6.42 Å². The van der Waals surface area contributed by atoms with E-state index in [4.69, 9.17) is 5.11 Å². The van der Waals surface area contributed by atoms with Gasteiger partial charge in [0.05, 0.1) is 12.1 Å².